The summed E-state index contributed by atoms with van der Waals surface area (Å²) >= 11 is 3.21. The minimum Gasteiger partial charge on any atom is -0.320 e. The Balaban J connectivity index is 2.80. The van der Waals surface area contributed by atoms with Gasteiger partial charge in [0.1, 0.15) is 5.82 Å². The number of hydrogen-bond donors (Lipinski definition) is 3. The first-order valence-electron chi connectivity index (χ1n) is 4.24. The third-order valence-electron chi connectivity index (χ3n) is 1.93. The first kappa shape index (κ1) is 12.1. The quantitative estimate of drug-likeness (QED) is 0.426. The van der Waals surface area contributed by atoms with Crippen LogP contribution in [-0.4, -0.2) is 11.9 Å². The van der Waals surface area contributed by atoms with E-state index in [1.165, 1.54) is 6.07 Å². The van der Waals surface area contributed by atoms with Crippen molar-refractivity contribution in [2.45, 2.75) is 12.5 Å². The molecule has 1 unspecified atom stereocenters. The summed E-state index contributed by atoms with van der Waals surface area (Å²) in [5, 5.41) is 0. The summed E-state index contributed by atoms with van der Waals surface area (Å²) in [5.74, 6) is 4.00. The fourth-order valence-corrected chi connectivity index (χ4v) is 1.54. The van der Waals surface area contributed by atoms with Gasteiger partial charge in [0, 0.05) is 4.47 Å². The molecular weight excluding hydrogens is 265 g/mol. The number of hydrazine groups is 1. The molecule has 4 nitrogen and oxygen atoms in total. The summed E-state index contributed by atoms with van der Waals surface area (Å²) in [6.45, 7) is 0. The predicted molar refractivity (Wildman–Crippen MR) is 58.1 cm³/mol. The van der Waals surface area contributed by atoms with Gasteiger partial charge in [0.05, 0.1) is 6.04 Å². The van der Waals surface area contributed by atoms with Gasteiger partial charge in [0.2, 0.25) is 0 Å². The molecule has 1 aromatic carbocycles. The van der Waals surface area contributed by atoms with Gasteiger partial charge in [-0.25, -0.2) is 10.2 Å². The van der Waals surface area contributed by atoms with Gasteiger partial charge in [-0.1, -0.05) is 15.9 Å². The molecule has 15 heavy (non-hydrogen) atoms. The average Bonchev–Trinajstić information content (AvgIpc) is 2.22. The Bertz CT molecular complexity index is 372. The van der Waals surface area contributed by atoms with Gasteiger partial charge in [0.25, 0.3) is 5.91 Å². The molecule has 0 fully saturated rings. The number of hydrogen-bond acceptors (Lipinski definition) is 3. The van der Waals surface area contributed by atoms with E-state index in [1.54, 1.807) is 12.1 Å². The van der Waals surface area contributed by atoms with Crippen molar-refractivity contribution in [3.8, 4) is 0 Å². The van der Waals surface area contributed by atoms with E-state index < -0.39 is 17.8 Å². The van der Waals surface area contributed by atoms with Gasteiger partial charge < -0.3 is 5.73 Å². The summed E-state index contributed by atoms with van der Waals surface area (Å²) in [4.78, 5) is 11.0. The van der Waals surface area contributed by atoms with Crippen LogP contribution in [0.5, 0.6) is 0 Å². The number of nitrogens with one attached hydrogen (secondary N) is 1. The number of nitrogens with two attached hydrogens (primary N) is 2. The molecule has 0 spiro atoms. The van der Waals surface area contributed by atoms with Crippen LogP contribution in [-0.2, 0) is 11.2 Å². The molecule has 0 aliphatic carbocycles. The molecule has 6 heteroatoms. The van der Waals surface area contributed by atoms with Crippen LogP contribution in [0, 0.1) is 5.82 Å². The Labute approximate surface area is 94.9 Å². The highest BCUT2D eigenvalue weighted by Crippen LogP contribution is 2.16. The lowest BCUT2D eigenvalue weighted by Crippen LogP contribution is -2.45. The molecule has 1 amide bonds. The van der Waals surface area contributed by atoms with Crippen LogP contribution in [0.25, 0.3) is 0 Å². The normalized spacial score (nSPS) is 12.3. The second-order valence-electron chi connectivity index (χ2n) is 3.05. The second kappa shape index (κ2) is 5.20. The van der Waals surface area contributed by atoms with E-state index in [4.69, 9.17) is 11.6 Å². The van der Waals surface area contributed by atoms with Gasteiger partial charge in [0.15, 0.2) is 0 Å². The molecular formula is C9H11BrFN3O. The SMILES string of the molecule is NNC(=O)C(N)Cc1cc(Br)ccc1F. The molecule has 0 saturated heterocycles. The number of benzene rings is 1. The zero-order valence-corrected chi connectivity index (χ0v) is 9.42. The van der Waals surface area contributed by atoms with Crippen molar-refractivity contribution in [2.24, 2.45) is 11.6 Å². The Morgan fingerprint density at radius 3 is 2.87 bits per heavy atom. The van der Waals surface area contributed by atoms with Crippen molar-refractivity contribution in [3.05, 3.63) is 34.1 Å². The Morgan fingerprint density at radius 2 is 2.27 bits per heavy atom. The minimum absolute atomic E-state index is 0.105. The highest BCUT2D eigenvalue weighted by molar-refractivity contribution is 9.10. The van der Waals surface area contributed by atoms with Gasteiger partial charge >= 0.3 is 0 Å². The Morgan fingerprint density at radius 1 is 1.60 bits per heavy atom. The van der Waals surface area contributed by atoms with Crippen LogP contribution < -0.4 is 17.0 Å². The molecule has 5 N–H and O–H groups in total. The maximum absolute atomic E-state index is 13.3. The zero-order valence-electron chi connectivity index (χ0n) is 7.84. The van der Waals surface area contributed by atoms with Gasteiger partial charge in [-0.3, -0.25) is 10.2 Å². The van der Waals surface area contributed by atoms with E-state index in [1.807, 2.05) is 5.43 Å². The summed E-state index contributed by atoms with van der Waals surface area (Å²) in [5.41, 5.74) is 7.80. The molecule has 1 atom stereocenters. The fraction of sp³-hybridized carbons (Fsp3) is 0.222. The third-order valence-corrected chi connectivity index (χ3v) is 2.42. The Kier molecular flexibility index (Phi) is 4.19. The van der Waals surface area contributed by atoms with Gasteiger partial charge in [-0.15, -0.1) is 0 Å². The van der Waals surface area contributed by atoms with Crippen molar-refractivity contribution in [1.82, 2.24) is 5.43 Å². The lowest BCUT2D eigenvalue weighted by atomic mass is 10.1. The molecule has 0 aliphatic heterocycles. The minimum atomic E-state index is -0.848. The molecule has 0 bridgehead atoms. The van der Waals surface area contributed by atoms with E-state index in [0.29, 0.717) is 5.56 Å². The number of amides is 1. The van der Waals surface area contributed by atoms with Crippen LogP contribution in [0.4, 0.5) is 4.39 Å². The van der Waals surface area contributed by atoms with E-state index in [-0.39, 0.29) is 6.42 Å². The highest BCUT2D eigenvalue weighted by atomic mass is 79.9. The van der Waals surface area contributed by atoms with Crippen LogP contribution >= 0.6 is 15.9 Å². The van der Waals surface area contributed by atoms with E-state index >= 15 is 0 Å². The number of carbonyl (C=O) groups excluding carboxylic acids is 1. The zero-order chi connectivity index (χ0) is 11.4. The number of rotatable bonds is 3. The lowest BCUT2D eigenvalue weighted by molar-refractivity contribution is -0.122. The van der Waals surface area contributed by atoms with Crippen molar-refractivity contribution in [3.63, 3.8) is 0 Å². The van der Waals surface area contributed by atoms with Crippen molar-refractivity contribution in [1.29, 1.82) is 0 Å². The molecule has 82 valence electrons. The average molecular weight is 276 g/mol. The Hall–Kier alpha value is -0.980. The molecule has 0 aromatic heterocycles. The molecule has 0 heterocycles. The van der Waals surface area contributed by atoms with Crippen LogP contribution in [0.1, 0.15) is 5.56 Å². The monoisotopic (exact) mass is 275 g/mol. The van der Waals surface area contributed by atoms with Gasteiger partial charge in [-0.2, -0.15) is 0 Å². The summed E-state index contributed by atoms with van der Waals surface area (Å²) in [6, 6.07) is 3.62. The third kappa shape index (κ3) is 3.26. The first-order valence-corrected chi connectivity index (χ1v) is 5.04. The smallest absolute Gasteiger partial charge is 0.251 e. The van der Waals surface area contributed by atoms with E-state index in [9.17, 15) is 9.18 Å². The highest BCUT2D eigenvalue weighted by Gasteiger charge is 2.15. The lowest BCUT2D eigenvalue weighted by Gasteiger charge is -2.10. The first-order chi connectivity index (χ1) is 7.04. The largest absolute Gasteiger partial charge is 0.320 e. The molecule has 1 aromatic rings. The second-order valence-corrected chi connectivity index (χ2v) is 3.97. The van der Waals surface area contributed by atoms with Crippen molar-refractivity contribution >= 4 is 21.8 Å². The predicted octanol–water partition coefficient (Wildman–Crippen LogP) is 0.448. The topological polar surface area (TPSA) is 81.1 Å². The summed E-state index contributed by atoms with van der Waals surface area (Å²) in [6.07, 6.45) is 0.105. The number of halogens is 2. The molecule has 0 saturated carbocycles. The van der Waals surface area contributed by atoms with E-state index in [2.05, 4.69) is 15.9 Å². The number of carbonyl (C=O) groups is 1. The van der Waals surface area contributed by atoms with Crippen LogP contribution in [0.3, 0.4) is 0 Å². The van der Waals surface area contributed by atoms with Gasteiger partial charge in [-0.05, 0) is 30.2 Å². The van der Waals surface area contributed by atoms with Crippen LogP contribution in [0.2, 0.25) is 0 Å². The molecule has 0 radical (unpaired) electrons. The fourth-order valence-electron chi connectivity index (χ4n) is 1.14. The van der Waals surface area contributed by atoms with Crippen molar-refractivity contribution in [2.75, 3.05) is 0 Å². The van der Waals surface area contributed by atoms with Crippen molar-refractivity contribution < 1.29 is 9.18 Å². The standard InChI is InChI=1S/C9H11BrFN3O/c10-6-1-2-7(11)5(3-6)4-8(12)9(15)14-13/h1-3,8H,4,12-13H2,(H,14,15). The molecule has 0 aliphatic rings. The summed E-state index contributed by atoms with van der Waals surface area (Å²) in [7, 11) is 0. The van der Waals surface area contributed by atoms with Crippen LogP contribution in [0.15, 0.2) is 22.7 Å². The maximum atomic E-state index is 13.3. The maximum Gasteiger partial charge on any atom is 0.251 e. The molecule has 1 rings (SSSR count). The van der Waals surface area contributed by atoms with E-state index in [0.717, 1.165) is 4.47 Å². The summed E-state index contributed by atoms with van der Waals surface area (Å²) < 4.78 is 14.0.